The third-order valence-electron chi connectivity index (χ3n) is 7.07. The first-order chi connectivity index (χ1) is 21.0. The summed E-state index contributed by atoms with van der Waals surface area (Å²) in [6, 6.07) is 25.8. The highest BCUT2D eigenvalue weighted by molar-refractivity contribution is 7.92. The number of hydrogen-bond donors (Lipinski definition) is 1. The lowest BCUT2D eigenvalue weighted by Gasteiger charge is -2.34. The number of hydrogen-bond acceptors (Lipinski definition) is 4. The first-order valence-corrected chi connectivity index (χ1v) is 16.5. The van der Waals surface area contributed by atoms with Crippen molar-refractivity contribution in [3.63, 3.8) is 0 Å². The third kappa shape index (κ3) is 7.93. The summed E-state index contributed by atoms with van der Waals surface area (Å²) in [5.41, 5.74) is 2.19. The number of sulfonamides is 1. The molecule has 0 aromatic heterocycles. The van der Waals surface area contributed by atoms with Crippen LogP contribution >= 0.6 is 34.8 Å². The molecule has 0 saturated carbocycles. The van der Waals surface area contributed by atoms with Crippen molar-refractivity contribution in [2.75, 3.05) is 17.4 Å². The van der Waals surface area contributed by atoms with Gasteiger partial charge in [0.05, 0.1) is 10.6 Å². The molecule has 11 heteroatoms. The standard InChI is InChI=1S/C33H32Cl3N3O4S/c1-3-37-33(41)31(19-24-11-6-4-7-12-24)38(21-27-28(34)15-10-16-29(27)35)32(40)22-39(25-18-17-23(2)30(36)20-25)44(42,43)26-13-8-5-9-14-26/h4-18,20,31H,3,19,21-22H2,1-2H3,(H,37,41)/t31-/m1/s1. The highest BCUT2D eigenvalue weighted by Crippen LogP contribution is 2.30. The monoisotopic (exact) mass is 671 g/mol. The van der Waals surface area contributed by atoms with Crippen molar-refractivity contribution in [2.24, 2.45) is 0 Å². The molecule has 0 unspecified atom stereocenters. The molecule has 44 heavy (non-hydrogen) atoms. The molecule has 0 fully saturated rings. The Bertz CT molecular complexity index is 1700. The fraction of sp³-hybridized carbons (Fsp3) is 0.212. The number of amides is 2. The van der Waals surface area contributed by atoms with Crippen LogP contribution in [0.4, 0.5) is 5.69 Å². The Morgan fingerprint density at radius 1 is 0.818 bits per heavy atom. The van der Waals surface area contributed by atoms with Crippen LogP contribution in [0.3, 0.4) is 0 Å². The van der Waals surface area contributed by atoms with E-state index >= 15 is 0 Å². The highest BCUT2D eigenvalue weighted by Gasteiger charge is 2.35. The molecule has 0 aliphatic rings. The van der Waals surface area contributed by atoms with Gasteiger partial charge in [0.1, 0.15) is 12.6 Å². The van der Waals surface area contributed by atoms with Gasteiger partial charge in [0.15, 0.2) is 0 Å². The molecule has 0 bridgehead atoms. The fourth-order valence-electron chi connectivity index (χ4n) is 4.69. The van der Waals surface area contributed by atoms with Gasteiger partial charge in [-0.2, -0.15) is 0 Å². The van der Waals surface area contributed by atoms with Crippen molar-refractivity contribution in [2.45, 2.75) is 37.8 Å². The van der Waals surface area contributed by atoms with Gasteiger partial charge in [-0.05, 0) is 61.4 Å². The topological polar surface area (TPSA) is 86.8 Å². The van der Waals surface area contributed by atoms with Crippen LogP contribution in [0.1, 0.15) is 23.6 Å². The van der Waals surface area contributed by atoms with Crippen LogP contribution in [0, 0.1) is 6.92 Å². The molecule has 230 valence electrons. The number of carbonyl (C=O) groups excluding carboxylic acids is 2. The lowest BCUT2D eigenvalue weighted by atomic mass is 10.0. The summed E-state index contributed by atoms with van der Waals surface area (Å²) in [6.45, 7) is 3.14. The van der Waals surface area contributed by atoms with Gasteiger partial charge in [-0.1, -0.05) is 95.5 Å². The Labute approximate surface area is 273 Å². The first kappa shape index (κ1) is 33.3. The molecule has 4 aromatic rings. The number of carbonyl (C=O) groups is 2. The second-order valence-corrected chi connectivity index (χ2v) is 13.2. The molecule has 7 nitrogen and oxygen atoms in total. The zero-order valence-corrected chi connectivity index (χ0v) is 27.3. The van der Waals surface area contributed by atoms with E-state index in [4.69, 9.17) is 34.8 Å². The molecule has 0 heterocycles. The molecule has 1 atom stereocenters. The molecular formula is C33H32Cl3N3O4S. The van der Waals surface area contributed by atoms with Crippen LogP contribution in [0.5, 0.6) is 0 Å². The molecule has 1 N–H and O–H groups in total. The average molecular weight is 673 g/mol. The molecular weight excluding hydrogens is 641 g/mol. The van der Waals surface area contributed by atoms with E-state index < -0.39 is 34.4 Å². The molecule has 4 aromatic carbocycles. The number of benzene rings is 4. The molecule has 4 rings (SSSR count). The van der Waals surface area contributed by atoms with Gasteiger partial charge in [0.2, 0.25) is 11.8 Å². The van der Waals surface area contributed by atoms with Crippen molar-refractivity contribution in [3.05, 3.63) is 129 Å². The summed E-state index contributed by atoms with van der Waals surface area (Å²) >= 11 is 19.5. The average Bonchev–Trinajstić information content (AvgIpc) is 3.01. The van der Waals surface area contributed by atoms with E-state index in [0.717, 1.165) is 15.4 Å². The van der Waals surface area contributed by atoms with Gasteiger partial charge < -0.3 is 10.2 Å². The molecule has 2 amide bonds. The van der Waals surface area contributed by atoms with Crippen LogP contribution in [0.25, 0.3) is 0 Å². The van der Waals surface area contributed by atoms with Crippen LogP contribution in [0.2, 0.25) is 15.1 Å². The minimum absolute atomic E-state index is 0.00485. The normalized spacial score (nSPS) is 11.9. The van der Waals surface area contributed by atoms with Gasteiger partial charge in [-0.25, -0.2) is 8.42 Å². The van der Waals surface area contributed by atoms with Gasteiger partial charge in [0.25, 0.3) is 10.0 Å². The Kier molecular flexibility index (Phi) is 11.3. The lowest BCUT2D eigenvalue weighted by Crippen LogP contribution is -2.53. The number of likely N-dealkylation sites (N-methyl/N-ethyl adjacent to an activating group) is 1. The zero-order chi connectivity index (χ0) is 31.9. The molecule has 0 radical (unpaired) electrons. The van der Waals surface area contributed by atoms with E-state index in [9.17, 15) is 18.0 Å². The number of aryl methyl sites for hydroxylation is 1. The van der Waals surface area contributed by atoms with Crippen molar-refractivity contribution >= 4 is 62.3 Å². The molecule has 0 saturated heterocycles. The second kappa shape index (κ2) is 14.9. The second-order valence-electron chi connectivity index (χ2n) is 10.1. The predicted molar refractivity (Wildman–Crippen MR) is 177 cm³/mol. The smallest absolute Gasteiger partial charge is 0.264 e. The minimum Gasteiger partial charge on any atom is -0.355 e. The number of anilines is 1. The third-order valence-corrected chi connectivity index (χ3v) is 9.97. The summed E-state index contributed by atoms with van der Waals surface area (Å²) in [6.07, 6.45) is 0.169. The molecule has 0 aliphatic heterocycles. The van der Waals surface area contributed by atoms with E-state index in [0.29, 0.717) is 27.2 Å². The van der Waals surface area contributed by atoms with Crippen LogP contribution in [-0.4, -0.2) is 44.3 Å². The van der Waals surface area contributed by atoms with Crippen molar-refractivity contribution in [1.29, 1.82) is 0 Å². The summed E-state index contributed by atoms with van der Waals surface area (Å²) in [5, 5.41) is 3.78. The first-order valence-electron chi connectivity index (χ1n) is 13.9. The van der Waals surface area contributed by atoms with E-state index in [2.05, 4.69) is 5.32 Å². The summed E-state index contributed by atoms with van der Waals surface area (Å²) < 4.78 is 29.1. The molecule has 0 aliphatic carbocycles. The fourth-order valence-corrected chi connectivity index (χ4v) is 6.80. The van der Waals surface area contributed by atoms with Crippen molar-refractivity contribution in [3.8, 4) is 0 Å². The maximum atomic E-state index is 14.4. The van der Waals surface area contributed by atoms with Crippen LogP contribution < -0.4 is 9.62 Å². The predicted octanol–water partition coefficient (Wildman–Crippen LogP) is 6.93. The Morgan fingerprint density at radius 2 is 1.43 bits per heavy atom. The van der Waals surface area contributed by atoms with Gasteiger partial charge >= 0.3 is 0 Å². The summed E-state index contributed by atoms with van der Waals surface area (Å²) in [5.74, 6) is -1.03. The SMILES string of the molecule is CCNC(=O)[C@@H](Cc1ccccc1)N(Cc1c(Cl)cccc1Cl)C(=O)CN(c1ccc(C)c(Cl)c1)S(=O)(=O)c1ccccc1. The lowest BCUT2D eigenvalue weighted by molar-refractivity contribution is -0.140. The number of halogens is 3. The maximum Gasteiger partial charge on any atom is 0.264 e. The zero-order valence-electron chi connectivity index (χ0n) is 24.2. The van der Waals surface area contributed by atoms with Gasteiger partial charge in [-0.3, -0.25) is 13.9 Å². The van der Waals surface area contributed by atoms with E-state index in [1.165, 1.54) is 23.1 Å². The van der Waals surface area contributed by atoms with E-state index in [1.54, 1.807) is 62.4 Å². The number of nitrogens with zero attached hydrogens (tertiary/aromatic N) is 2. The Hall–Kier alpha value is -3.56. The van der Waals surface area contributed by atoms with Crippen molar-refractivity contribution < 1.29 is 18.0 Å². The maximum absolute atomic E-state index is 14.4. The number of rotatable bonds is 12. The Morgan fingerprint density at radius 3 is 2.02 bits per heavy atom. The molecule has 0 spiro atoms. The quantitative estimate of drug-likeness (QED) is 0.177. The highest BCUT2D eigenvalue weighted by atomic mass is 35.5. The number of nitrogens with one attached hydrogen (secondary N) is 1. The summed E-state index contributed by atoms with van der Waals surface area (Å²) in [7, 11) is -4.24. The van der Waals surface area contributed by atoms with Gasteiger partial charge in [-0.15, -0.1) is 0 Å². The van der Waals surface area contributed by atoms with Crippen LogP contribution in [-0.2, 0) is 32.6 Å². The minimum atomic E-state index is -4.24. The van der Waals surface area contributed by atoms with E-state index in [-0.39, 0.29) is 23.5 Å². The summed E-state index contributed by atoms with van der Waals surface area (Å²) in [4.78, 5) is 29.4. The Balaban J connectivity index is 1.84. The largest absolute Gasteiger partial charge is 0.355 e. The van der Waals surface area contributed by atoms with Crippen molar-refractivity contribution in [1.82, 2.24) is 10.2 Å². The van der Waals surface area contributed by atoms with Gasteiger partial charge in [0, 0.05) is 40.1 Å². The van der Waals surface area contributed by atoms with Crippen LogP contribution in [0.15, 0.2) is 102 Å². The van der Waals surface area contributed by atoms with E-state index in [1.807, 2.05) is 30.3 Å².